The number of fused-ring (bicyclic) bond motifs is 2. The summed E-state index contributed by atoms with van der Waals surface area (Å²) in [4.78, 5) is 30.5. The molecule has 2 amide bonds. The van der Waals surface area contributed by atoms with E-state index in [-0.39, 0.29) is 18.4 Å². The molecule has 0 unspecified atom stereocenters. The maximum atomic E-state index is 14.5. The zero-order valence-electron chi connectivity index (χ0n) is 25.6. The molecule has 1 N–H and O–H groups in total. The molecule has 0 aliphatic heterocycles. The molecule has 0 bridgehead atoms. The summed E-state index contributed by atoms with van der Waals surface area (Å²) < 4.78 is 18.4. The minimum Gasteiger partial charge on any atom is -0.493 e. The van der Waals surface area contributed by atoms with Gasteiger partial charge in [-0.2, -0.15) is 0 Å². The summed E-state index contributed by atoms with van der Waals surface area (Å²) in [6.45, 7) is 5.80. The Morgan fingerprint density at radius 1 is 0.977 bits per heavy atom. The number of aryl methyl sites for hydroxylation is 2. The standard InChI is InChI=1S/C33H39N5O5/c1-7-33(2,3)34-32(40)30(23-18-27(41-4)31(43-6)28(19-23)42-5)38(24-16-15-21-11-10-12-22(21)17-24)29(39)20-37-26-14-9-8-13-25(26)35-36-37/h8-9,13-19,30H,7,10-12,20H2,1-6H3,(H,34,40)/t30-/m1/s1. The molecule has 3 aromatic carbocycles. The summed E-state index contributed by atoms with van der Waals surface area (Å²) in [5.74, 6) is 0.502. The van der Waals surface area contributed by atoms with Crippen LogP contribution in [-0.2, 0) is 29.0 Å². The number of ether oxygens (including phenoxy) is 3. The van der Waals surface area contributed by atoms with E-state index in [1.807, 2.05) is 57.2 Å². The van der Waals surface area contributed by atoms with Crippen LogP contribution >= 0.6 is 0 Å². The fraction of sp³-hybridized carbons (Fsp3) is 0.394. The van der Waals surface area contributed by atoms with Gasteiger partial charge in [0.25, 0.3) is 0 Å². The van der Waals surface area contributed by atoms with Crippen molar-refractivity contribution >= 4 is 28.5 Å². The number of rotatable bonds is 11. The van der Waals surface area contributed by atoms with Gasteiger partial charge >= 0.3 is 0 Å². The van der Waals surface area contributed by atoms with Gasteiger partial charge in [-0.25, -0.2) is 4.68 Å². The average molecular weight is 586 g/mol. The van der Waals surface area contributed by atoms with Gasteiger partial charge in [0.1, 0.15) is 18.1 Å². The van der Waals surface area contributed by atoms with Crippen LogP contribution in [0.5, 0.6) is 17.2 Å². The second-order valence-electron chi connectivity index (χ2n) is 11.4. The molecule has 226 valence electrons. The van der Waals surface area contributed by atoms with E-state index in [9.17, 15) is 9.59 Å². The Morgan fingerprint density at radius 2 is 1.67 bits per heavy atom. The summed E-state index contributed by atoms with van der Waals surface area (Å²) in [7, 11) is 4.57. The second kappa shape index (κ2) is 12.3. The van der Waals surface area contributed by atoms with E-state index in [4.69, 9.17) is 14.2 Å². The van der Waals surface area contributed by atoms with E-state index in [1.165, 1.54) is 32.5 Å². The largest absolute Gasteiger partial charge is 0.493 e. The number of anilines is 1. The Balaban J connectivity index is 1.69. The number of carbonyl (C=O) groups is 2. The van der Waals surface area contributed by atoms with Crippen LogP contribution in [0.1, 0.15) is 56.3 Å². The third-order valence-electron chi connectivity index (χ3n) is 8.19. The number of hydrogen-bond donors (Lipinski definition) is 1. The number of amides is 2. The number of aromatic nitrogens is 3. The van der Waals surface area contributed by atoms with Gasteiger partial charge in [-0.15, -0.1) is 5.10 Å². The number of carbonyl (C=O) groups excluding carboxylic acids is 2. The predicted octanol–water partition coefficient (Wildman–Crippen LogP) is 5.03. The topological polar surface area (TPSA) is 108 Å². The smallest absolute Gasteiger partial charge is 0.249 e. The van der Waals surface area contributed by atoms with Crippen molar-refractivity contribution in [1.29, 1.82) is 0 Å². The van der Waals surface area contributed by atoms with Crippen LogP contribution in [0.3, 0.4) is 0 Å². The highest BCUT2D eigenvalue weighted by Gasteiger charge is 2.37. The first-order valence-corrected chi connectivity index (χ1v) is 14.5. The van der Waals surface area contributed by atoms with Gasteiger partial charge in [0.2, 0.25) is 17.6 Å². The molecule has 0 saturated heterocycles. The highest BCUT2D eigenvalue weighted by Crippen LogP contribution is 2.42. The SMILES string of the molecule is CCC(C)(C)NC(=O)[C@@H](c1cc(OC)c(OC)c(OC)c1)N(C(=O)Cn1nnc2ccccc21)c1ccc2c(c1)CCC2. The van der Waals surface area contributed by atoms with Crippen LogP contribution in [0, 0.1) is 0 Å². The maximum absolute atomic E-state index is 14.5. The highest BCUT2D eigenvalue weighted by atomic mass is 16.5. The Kier molecular flexibility index (Phi) is 8.57. The molecule has 4 aromatic rings. The molecule has 10 heteroatoms. The van der Waals surface area contributed by atoms with Crippen LogP contribution in [0.15, 0.2) is 54.6 Å². The van der Waals surface area contributed by atoms with Crippen LogP contribution in [0.4, 0.5) is 5.69 Å². The van der Waals surface area contributed by atoms with E-state index in [1.54, 1.807) is 21.7 Å². The first-order chi connectivity index (χ1) is 20.7. The van der Waals surface area contributed by atoms with Crippen LogP contribution < -0.4 is 24.4 Å². The number of hydrogen-bond acceptors (Lipinski definition) is 7. The van der Waals surface area contributed by atoms with Crippen molar-refractivity contribution in [3.05, 3.63) is 71.3 Å². The van der Waals surface area contributed by atoms with E-state index in [0.717, 1.165) is 24.8 Å². The molecule has 0 fully saturated rings. The number of para-hydroxylation sites is 1. The minimum atomic E-state index is -1.07. The van der Waals surface area contributed by atoms with Crippen molar-refractivity contribution in [2.45, 2.75) is 64.6 Å². The second-order valence-corrected chi connectivity index (χ2v) is 11.4. The number of methoxy groups -OCH3 is 3. The fourth-order valence-electron chi connectivity index (χ4n) is 5.55. The maximum Gasteiger partial charge on any atom is 0.249 e. The van der Waals surface area contributed by atoms with Gasteiger partial charge in [0.15, 0.2) is 11.5 Å². The molecule has 1 heterocycles. The summed E-state index contributed by atoms with van der Waals surface area (Å²) in [5.41, 5.74) is 4.46. The minimum absolute atomic E-state index is 0.122. The third-order valence-corrected chi connectivity index (χ3v) is 8.19. The summed E-state index contributed by atoms with van der Waals surface area (Å²) in [6.07, 6.45) is 3.66. The molecule has 5 rings (SSSR count). The van der Waals surface area contributed by atoms with Gasteiger partial charge in [-0.1, -0.05) is 30.3 Å². The zero-order chi connectivity index (χ0) is 30.7. The summed E-state index contributed by atoms with van der Waals surface area (Å²) >= 11 is 0. The van der Waals surface area contributed by atoms with Gasteiger partial charge in [-0.05, 0) is 92.6 Å². The molecule has 1 aromatic heterocycles. The quantitative estimate of drug-likeness (QED) is 0.263. The molecule has 1 aliphatic rings. The first-order valence-electron chi connectivity index (χ1n) is 14.5. The Bertz CT molecular complexity index is 1620. The van der Waals surface area contributed by atoms with Crippen molar-refractivity contribution in [2.75, 3.05) is 26.2 Å². The number of nitrogens with zero attached hydrogens (tertiary/aromatic N) is 4. The number of nitrogens with one attached hydrogen (secondary N) is 1. The molecule has 0 radical (unpaired) electrons. The first kappa shape index (κ1) is 29.9. The normalized spacial score (nSPS) is 13.3. The Morgan fingerprint density at radius 3 is 2.35 bits per heavy atom. The van der Waals surface area contributed by atoms with Crippen molar-refractivity contribution in [2.24, 2.45) is 0 Å². The van der Waals surface area contributed by atoms with Gasteiger partial charge in [0.05, 0.1) is 26.8 Å². The lowest BCUT2D eigenvalue weighted by Crippen LogP contribution is -2.51. The van der Waals surface area contributed by atoms with Crippen molar-refractivity contribution in [3.63, 3.8) is 0 Å². The zero-order valence-corrected chi connectivity index (χ0v) is 25.6. The lowest BCUT2D eigenvalue weighted by molar-refractivity contribution is -0.128. The van der Waals surface area contributed by atoms with E-state index in [0.29, 0.717) is 40.4 Å². The third kappa shape index (κ3) is 6.00. The molecular formula is C33H39N5O5. The molecule has 0 spiro atoms. The van der Waals surface area contributed by atoms with Crippen molar-refractivity contribution < 1.29 is 23.8 Å². The number of benzene rings is 3. The van der Waals surface area contributed by atoms with E-state index in [2.05, 4.69) is 21.7 Å². The molecule has 1 atom stereocenters. The van der Waals surface area contributed by atoms with Crippen LogP contribution in [0.25, 0.3) is 11.0 Å². The monoisotopic (exact) mass is 585 g/mol. The van der Waals surface area contributed by atoms with Gasteiger partial charge < -0.3 is 19.5 Å². The predicted molar refractivity (Wildman–Crippen MR) is 165 cm³/mol. The molecule has 43 heavy (non-hydrogen) atoms. The molecule has 1 aliphatic carbocycles. The summed E-state index contributed by atoms with van der Waals surface area (Å²) in [5, 5.41) is 11.7. The fourth-order valence-corrected chi connectivity index (χ4v) is 5.55. The highest BCUT2D eigenvalue weighted by molar-refractivity contribution is 6.02. The van der Waals surface area contributed by atoms with Crippen molar-refractivity contribution in [1.82, 2.24) is 20.3 Å². The van der Waals surface area contributed by atoms with E-state index < -0.39 is 11.6 Å². The van der Waals surface area contributed by atoms with Crippen molar-refractivity contribution in [3.8, 4) is 17.2 Å². The van der Waals surface area contributed by atoms with Gasteiger partial charge in [0, 0.05) is 11.2 Å². The Labute approximate surface area is 251 Å². The molecular weight excluding hydrogens is 546 g/mol. The molecule has 10 nitrogen and oxygen atoms in total. The van der Waals surface area contributed by atoms with E-state index >= 15 is 0 Å². The molecule has 0 saturated carbocycles. The Hall–Kier alpha value is -4.60. The average Bonchev–Trinajstić information content (AvgIpc) is 3.65. The lowest BCUT2D eigenvalue weighted by Gasteiger charge is -2.35. The van der Waals surface area contributed by atoms with Crippen LogP contribution in [0.2, 0.25) is 0 Å². The van der Waals surface area contributed by atoms with Gasteiger partial charge in [-0.3, -0.25) is 14.5 Å². The lowest BCUT2D eigenvalue weighted by atomic mass is 9.97. The van der Waals surface area contributed by atoms with Crippen LogP contribution in [-0.4, -0.2) is 53.7 Å². The summed E-state index contributed by atoms with van der Waals surface area (Å²) in [6, 6.07) is 15.9.